The van der Waals surface area contributed by atoms with Crippen LogP contribution in [-0.4, -0.2) is 25.4 Å². The molecule has 1 rings (SSSR count). The molecule has 0 aliphatic heterocycles. The van der Waals surface area contributed by atoms with E-state index in [-0.39, 0.29) is 33.8 Å². The molecule has 190 valence electrons. The maximum atomic E-state index is 10.9. The van der Waals surface area contributed by atoms with Gasteiger partial charge in [-0.15, -0.1) is 6.58 Å². The molecule has 0 amide bonds. The topological polar surface area (TPSA) is 61.6 Å². The second-order valence-electron chi connectivity index (χ2n) is 10.4. The molecule has 0 N–H and O–H groups in total. The molecule has 0 unspecified atom stereocenters. The molecular formula is C27H42INO4Si. The Morgan fingerprint density at radius 2 is 1.79 bits per heavy atom. The zero-order valence-corrected chi connectivity index (χ0v) is 25.2. The average molecular weight is 600 g/mol. The largest absolute Gasteiger partial charge is 0.410 e. The van der Waals surface area contributed by atoms with Crippen molar-refractivity contribution < 1.29 is 14.1 Å². The minimum atomic E-state index is -1.94. The van der Waals surface area contributed by atoms with E-state index in [0.29, 0.717) is 6.61 Å². The number of hydrogen-bond donors (Lipinski definition) is 0. The van der Waals surface area contributed by atoms with Crippen LogP contribution in [0.25, 0.3) is 0 Å². The van der Waals surface area contributed by atoms with E-state index in [1.165, 1.54) is 17.7 Å². The number of nitro groups is 1. The minimum Gasteiger partial charge on any atom is -0.410 e. The molecule has 0 spiro atoms. The lowest BCUT2D eigenvalue weighted by atomic mass is 9.91. The Kier molecular flexibility index (Phi) is 12.4. The van der Waals surface area contributed by atoms with Gasteiger partial charge in [0, 0.05) is 18.1 Å². The molecule has 0 bridgehead atoms. The van der Waals surface area contributed by atoms with Gasteiger partial charge in [-0.3, -0.25) is 10.1 Å². The predicted octanol–water partition coefficient (Wildman–Crippen LogP) is 8.76. The first kappa shape index (κ1) is 30.7. The number of benzene rings is 1. The quantitative estimate of drug-likeness (QED) is 0.0748. The smallest absolute Gasteiger partial charge is 0.269 e. The number of nitro benzene ring substituents is 1. The van der Waals surface area contributed by atoms with E-state index in [2.05, 4.69) is 94.0 Å². The second kappa shape index (κ2) is 13.7. The molecule has 0 saturated heterocycles. The molecule has 0 aliphatic rings. The van der Waals surface area contributed by atoms with Crippen LogP contribution in [-0.2, 0) is 15.8 Å². The fourth-order valence-corrected chi connectivity index (χ4v) is 5.13. The van der Waals surface area contributed by atoms with Crippen molar-refractivity contribution in [2.45, 2.75) is 91.3 Å². The highest BCUT2D eigenvalue weighted by Gasteiger charge is 2.39. The second-order valence-corrected chi connectivity index (χ2v) is 15.8. The van der Waals surface area contributed by atoms with Crippen LogP contribution in [0.15, 0.2) is 58.2 Å². The SMILES string of the molecule is C=CC[C@H](O[Si](C)(C)C(C)(C)C)/C(C)=C\[C@H](CC)[C@@H](OCc1ccc([N+](=O)[O-])cc1)/C(C)=C/I. The van der Waals surface area contributed by atoms with Gasteiger partial charge in [0.15, 0.2) is 8.32 Å². The third-order valence-corrected chi connectivity index (χ3v) is 12.1. The zero-order valence-electron chi connectivity index (χ0n) is 22.1. The molecule has 0 aliphatic carbocycles. The number of halogens is 1. The van der Waals surface area contributed by atoms with E-state index in [1.807, 2.05) is 6.08 Å². The van der Waals surface area contributed by atoms with Gasteiger partial charge in [-0.25, -0.2) is 0 Å². The van der Waals surface area contributed by atoms with Crippen LogP contribution in [0.5, 0.6) is 0 Å². The third-order valence-electron chi connectivity index (χ3n) is 6.67. The summed E-state index contributed by atoms with van der Waals surface area (Å²) in [6.45, 7) is 22.1. The van der Waals surface area contributed by atoms with E-state index in [9.17, 15) is 10.1 Å². The van der Waals surface area contributed by atoms with Gasteiger partial charge in [-0.1, -0.05) is 62.4 Å². The normalized spacial score (nSPS) is 16.1. The first-order chi connectivity index (χ1) is 15.8. The van der Waals surface area contributed by atoms with Gasteiger partial charge in [0.25, 0.3) is 5.69 Å². The monoisotopic (exact) mass is 599 g/mol. The van der Waals surface area contributed by atoms with Gasteiger partial charge >= 0.3 is 0 Å². The molecule has 7 heteroatoms. The fraction of sp³-hybridized carbons (Fsp3) is 0.556. The Labute approximate surface area is 221 Å². The number of hydrogen-bond acceptors (Lipinski definition) is 4. The summed E-state index contributed by atoms with van der Waals surface area (Å²) in [7, 11) is -1.94. The number of ether oxygens (including phenoxy) is 1. The maximum Gasteiger partial charge on any atom is 0.269 e. The Hall–Kier alpha value is -1.29. The predicted molar refractivity (Wildman–Crippen MR) is 154 cm³/mol. The molecule has 0 heterocycles. The van der Waals surface area contributed by atoms with E-state index >= 15 is 0 Å². The van der Waals surface area contributed by atoms with Gasteiger partial charge in [0.2, 0.25) is 0 Å². The van der Waals surface area contributed by atoms with Crippen molar-refractivity contribution >= 4 is 36.6 Å². The average Bonchev–Trinajstić information content (AvgIpc) is 2.76. The van der Waals surface area contributed by atoms with Crippen LogP contribution in [0, 0.1) is 16.0 Å². The molecule has 34 heavy (non-hydrogen) atoms. The van der Waals surface area contributed by atoms with Crippen molar-refractivity contribution in [1.82, 2.24) is 0 Å². The zero-order chi connectivity index (χ0) is 26.1. The Balaban J connectivity index is 3.14. The van der Waals surface area contributed by atoms with Gasteiger partial charge in [0.1, 0.15) is 0 Å². The van der Waals surface area contributed by atoms with E-state index < -0.39 is 8.32 Å². The van der Waals surface area contributed by atoms with Crippen molar-refractivity contribution in [3.05, 3.63) is 73.9 Å². The lowest BCUT2D eigenvalue weighted by molar-refractivity contribution is -0.384. The van der Waals surface area contributed by atoms with Crippen LogP contribution < -0.4 is 0 Å². The summed E-state index contributed by atoms with van der Waals surface area (Å²) in [4.78, 5) is 10.5. The van der Waals surface area contributed by atoms with Crippen LogP contribution in [0.3, 0.4) is 0 Å². The standard InChI is InChI=1S/C27H42INO4Si/c1-10-12-25(33-34(8,9)27(5,6)7)20(3)17-23(11-2)26(21(4)18-28)32-19-22-13-15-24(16-14-22)29(30)31/h10,13-18,23,25-26H,1,11-12,19H2,2-9H3/b20-17-,21-18+/t23-,25-,26-/m0/s1. The van der Waals surface area contributed by atoms with Gasteiger partial charge in [0.05, 0.1) is 23.7 Å². The van der Waals surface area contributed by atoms with Gasteiger partial charge in [-0.05, 0) is 77.7 Å². The summed E-state index contributed by atoms with van der Waals surface area (Å²) in [6.07, 6.45) is 5.86. The molecule has 0 aromatic heterocycles. The maximum absolute atomic E-state index is 10.9. The fourth-order valence-electron chi connectivity index (χ4n) is 3.43. The minimum absolute atomic E-state index is 0.00616. The summed E-state index contributed by atoms with van der Waals surface area (Å²) >= 11 is 2.26. The molecule has 5 nitrogen and oxygen atoms in total. The van der Waals surface area contributed by atoms with Crippen LogP contribution >= 0.6 is 22.6 Å². The molecular weight excluding hydrogens is 557 g/mol. The number of rotatable bonds is 13. The van der Waals surface area contributed by atoms with Crippen molar-refractivity contribution in [3.8, 4) is 0 Å². The van der Waals surface area contributed by atoms with E-state index in [4.69, 9.17) is 9.16 Å². The molecule has 1 aromatic rings. The van der Waals surface area contributed by atoms with Crippen molar-refractivity contribution in [2.24, 2.45) is 5.92 Å². The molecule has 0 radical (unpaired) electrons. The number of non-ortho nitro benzene ring substituents is 1. The Morgan fingerprint density at radius 1 is 1.21 bits per heavy atom. The molecule has 0 fully saturated rings. The Morgan fingerprint density at radius 3 is 2.24 bits per heavy atom. The first-order valence-corrected chi connectivity index (χ1v) is 16.0. The van der Waals surface area contributed by atoms with E-state index in [1.54, 1.807) is 12.1 Å². The third kappa shape index (κ3) is 9.05. The van der Waals surface area contributed by atoms with Crippen LogP contribution in [0.2, 0.25) is 18.1 Å². The molecule has 1 aromatic carbocycles. The Bertz CT molecular complexity index is 872. The van der Waals surface area contributed by atoms with Crippen LogP contribution in [0.4, 0.5) is 5.69 Å². The summed E-state index contributed by atoms with van der Waals surface area (Å²) < 4.78 is 15.2. The summed E-state index contributed by atoms with van der Waals surface area (Å²) in [6, 6.07) is 6.56. The first-order valence-electron chi connectivity index (χ1n) is 11.9. The van der Waals surface area contributed by atoms with Crippen molar-refractivity contribution in [1.29, 1.82) is 0 Å². The molecule has 0 saturated carbocycles. The van der Waals surface area contributed by atoms with Crippen molar-refractivity contribution in [3.63, 3.8) is 0 Å². The highest BCUT2D eigenvalue weighted by atomic mass is 127. The van der Waals surface area contributed by atoms with E-state index in [0.717, 1.165) is 24.0 Å². The number of nitrogens with zero attached hydrogens (tertiary/aromatic N) is 1. The van der Waals surface area contributed by atoms with Gasteiger partial charge < -0.3 is 9.16 Å². The highest BCUT2D eigenvalue weighted by Crippen LogP contribution is 2.39. The highest BCUT2D eigenvalue weighted by molar-refractivity contribution is 14.1. The molecule has 3 atom stereocenters. The van der Waals surface area contributed by atoms with Crippen molar-refractivity contribution in [2.75, 3.05) is 0 Å². The van der Waals surface area contributed by atoms with Gasteiger partial charge in [-0.2, -0.15) is 0 Å². The summed E-state index contributed by atoms with van der Waals surface area (Å²) in [5.74, 6) is 0.180. The van der Waals surface area contributed by atoms with Crippen LogP contribution in [0.1, 0.15) is 59.9 Å². The summed E-state index contributed by atoms with van der Waals surface area (Å²) in [5.41, 5.74) is 3.37. The summed E-state index contributed by atoms with van der Waals surface area (Å²) in [5, 5.41) is 11.1. The lowest BCUT2D eigenvalue weighted by Crippen LogP contribution is -2.44. The lowest BCUT2D eigenvalue weighted by Gasteiger charge is -2.39.